The number of guanidine groups is 1. The van der Waals surface area contributed by atoms with Gasteiger partial charge in [-0.1, -0.05) is 19.4 Å². The molecule has 0 amide bonds. The Balaban J connectivity index is 0.00000300. The molecule has 0 saturated carbocycles. The maximum absolute atomic E-state index is 5.54. The summed E-state index contributed by atoms with van der Waals surface area (Å²) in [7, 11) is 1.86. The Morgan fingerprint density at radius 3 is 2.79 bits per heavy atom. The predicted octanol–water partition coefficient (Wildman–Crippen LogP) is 3.17. The molecule has 0 bridgehead atoms. The van der Waals surface area contributed by atoms with Crippen molar-refractivity contribution < 1.29 is 4.74 Å². The maximum Gasteiger partial charge on any atom is 0.191 e. The van der Waals surface area contributed by atoms with Crippen molar-refractivity contribution in [3.05, 3.63) is 22.4 Å². The molecule has 29 heavy (non-hydrogen) atoms. The number of morpholine rings is 1. The van der Waals surface area contributed by atoms with Crippen LogP contribution in [0.4, 0.5) is 0 Å². The topological polar surface area (TPSA) is 52.1 Å². The molecule has 0 spiro atoms. The van der Waals surface area contributed by atoms with Crippen LogP contribution < -0.4 is 10.6 Å². The molecule has 3 rings (SSSR count). The summed E-state index contributed by atoms with van der Waals surface area (Å²) in [6.45, 7) is 10.1. The highest BCUT2D eigenvalue weighted by Crippen LogP contribution is 2.25. The first-order chi connectivity index (χ1) is 13.8. The number of thiophene rings is 1. The van der Waals surface area contributed by atoms with Gasteiger partial charge in [0.15, 0.2) is 5.96 Å². The number of aliphatic imine (C=N–C) groups is 1. The molecule has 6 nitrogen and oxygen atoms in total. The lowest BCUT2D eigenvalue weighted by atomic mass is 10.0. The highest BCUT2D eigenvalue weighted by Gasteiger charge is 2.24. The number of halogens is 1. The van der Waals surface area contributed by atoms with Crippen LogP contribution in [-0.4, -0.2) is 81.3 Å². The van der Waals surface area contributed by atoms with Gasteiger partial charge in [-0.25, -0.2) is 0 Å². The Labute approximate surface area is 197 Å². The number of piperidine rings is 1. The van der Waals surface area contributed by atoms with Crippen molar-refractivity contribution in [1.82, 2.24) is 20.4 Å². The van der Waals surface area contributed by atoms with Crippen molar-refractivity contribution in [1.29, 1.82) is 0 Å². The molecular weight excluding hydrogens is 497 g/mol. The van der Waals surface area contributed by atoms with Gasteiger partial charge in [-0.15, -0.1) is 35.3 Å². The van der Waals surface area contributed by atoms with Crippen molar-refractivity contribution in [2.75, 3.05) is 59.5 Å². The summed E-state index contributed by atoms with van der Waals surface area (Å²) in [5.41, 5.74) is 0. The number of likely N-dealkylation sites (tertiary alicyclic amines) is 1. The molecule has 2 N–H and O–H groups in total. The molecule has 2 aliphatic rings. The fourth-order valence-electron chi connectivity index (χ4n) is 4.33. The molecule has 2 fully saturated rings. The van der Waals surface area contributed by atoms with Gasteiger partial charge in [0.2, 0.25) is 0 Å². The third-order valence-electron chi connectivity index (χ3n) is 5.96. The molecular formula is C21H38IN5OS. The van der Waals surface area contributed by atoms with Crippen LogP contribution in [0, 0.1) is 0 Å². The van der Waals surface area contributed by atoms with E-state index in [4.69, 9.17) is 4.74 Å². The van der Waals surface area contributed by atoms with Crippen LogP contribution in [0.3, 0.4) is 0 Å². The van der Waals surface area contributed by atoms with Crippen LogP contribution in [0.25, 0.3) is 0 Å². The SMILES string of the molecule is CCC1CCCCN1CCNC(=NC)NCC(c1cccs1)N1CCOCC1.I. The average molecular weight is 536 g/mol. The standard InChI is InChI=1S/C21H37N5OS.HI/c1-3-18-7-4-5-10-25(18)11-9-23-21(22-2)24-17-19(20-8-6-16-28-20)26-12-14-27-15-13-26;/h6,8,16,18-19H,3-5,7,9-15,17H2,1-2H3,(H2,22,23,24);1H. The van der Waals surface area contributed by atoms with E-state index < -0.39 is 0 Å². The molecule has 1 aromatic rings. The Morgan fingerprint density at radius 2 is 2.10 bits per heavy atom. The first kappa shape index (κ1) is 24.8. The van der Waals surface area contributed by atoms with Gasteiger partial charge in [-0.05, 0) is 37.3 Å². The van der Waals surface area contributed by atoms with Crippen LogP contribution in [-0.2, 0) is 4.74 Å². The molecule has 0 aromatic carbocycles. The summed E-state index contributed by atoms with van der Waals surface area (Å²) in [5, 5.41) is 9.25. The van der Waals surface area contributed by atoms with E-state index in [9.17, 15) is 0 Å². The minimum Gasteiger partial charge on any atom is -0.379 e. The van der Waals surface area contributed by atoms with Gasteiger partial charge in [-0.3, -0.25) is 14.8 Å². The molecule has 3 heterocycles. The lowest BCUT2D eigenvalue weighted by Gasteiger charge is -2.35. The Kier molecular flexibility index (Phi) is 11.8. The quantitative estimate of drug-likeness (QED) is 0.305. The van der Waals surface area contributed by atoms with Crippen molar-refractivity contribution in [3.63, 3.8) is 0 Å². The summed E-state index contributed by atoms with van der Waals surface area (Å²) in [4.78, 5) is 11.0. The lowest BCUT2D eigenvalue weighted by Crippen LogP contribution is -2.48. The van der Waals surface area contributed by atoms with E-state index in [2.05, 4.69) is 49.9 Å². The van der Waals surface area contributed by atoms with Crippen LogP contribution in [0.15, 0.2) is 22.5 Å². The second-order valence-corrected chi connectivity index (χ2v) is 8.63. The second kappa shape index (κ2) is 13.8. The van der Waals surface area contributed by atoms with Gasteiger partial charge in [0.1, 0.15) is 0 Å². The number of hydrogen-bond donors (Lipinski definition) is 2. The molecule has 2 saturated heterocycles. The fraction of sp³-hybridized carbons (Fsp3) is 0.762. The van der Waals surface area contributed by atoms with E-state index in [1.807, 2.05) is 18.4 Å². The molecule has 0 radical (unpaired) electrons. The van der Waals surface area contributed by atoms with Gasteiger partial charge in [0.25, 0.3) is 0 Å². The molecule has 166 valence electrons. The van der Waals surface area contributed by atoms with Crippen LogP contribution in [0.5, 0.6) is 0 Å². The van der Waals surface area contributed by atoms with Gasteiger partial charge >= 0.3 is 0 Å². The van der Waals surface area contributed by atoms with E-state index in [0.29, 0.717) is 6.04 Å². The van der Waals surface area contributed by atoms with Crippen LogP contribution >= 0.6 is 35.3 Å². The fourth-order valence-corrected chi connectivity index (χ4v) is 5.19. The molecule has 2 aliphatic heterocycles. The van der Waals surface area contributed by atoms with Crippen molar-refractivity contribution in [2.24, 2.45) is 4.99 Å². The zero-order chi connectivity index (χ0) is 19.6. The molecule has 2 unspecified atom stereocenters. The van der Waals surface area contributed by atoms with E-state index >= 15 is 0 Å². The summed E-state index contributed by atoms with van der Waals surface area (Å²) in [6, 6.07) is 5.51. The summed E-state index contributed by atoms with van der Waals surface area (Å²) in [5.74, 6) is 0.903. The van der Waals surface area contributed by atoms with Crippen LogP contribution in [0.1, 0.15) is 43.5 Å². The first-order valence-corrected chi connectivity index (χ1v) is 11.7. The Morgan fingerprint density at radius 1 is 1.28 bits per heavy atom. The molecule has 0 aliphatic carbocycles. The highest BCUT2D eigenvalue weighted by atomic mass is 127. The third kappa shape index (κ3) is 7.65. The number of nitrogens with zero attached hydrogens (tertiary/aromatic N) is 3. The predicted molar refractivity (Wildman–Crippen MR) is 134 cm³/mol. The van der Waals surface area contributed by atoms with Gasteiger partial charge in [-0.2, -0.15) is 0 Å². The minimum atomic E-state index is 0. The van der Waals surface area contributed by atoms with Crippen molar-refractivity contribution >= 4 is 41.3 Å². The largest absolute Gasteiger partial charge is 0.379 e. The summed E-state index contributed by atoms with van der Waals surface area (Å²) in [6.07, 6.45) is 5.34. The van der Waals surface area contributed by atoms with Crippen LogP contribution in [0.2, 0.25) is 0 Å². The molecule has 1 aromatic heterocycles. The number of ether oxygens (including phenoxy) is 1. The van der Waals surface area contributed by atoms with E-state index in [1.165, 1.54) is 37.1 Å². The number of rotatable bonds is 8. The minimum absolute atomic E-state index is 0. The number of hydrogen-bond acceptors (Lipinski definition) is 5. The first-order valence-electron chi connectivity index (χ1n) is 10.9. The molecule has 2 atom stereocenters. The zero-order valence-corrected chi connectivity index (χ0v) is 21.1. The average Bonchev–Trinajstić information content (AvgIpc) is 3.28. The Bertz CT molecular complexity index is 580. The normalized spacial score (nSPS) is 22.7. The van der Waals surface area contributed by atoms with Gasteiger partial charge < -0.3 is 15.4 Å². The van der Waals surface area contributed by atoms with E-state index in [1.54, 1.807) is 0 Å². The number of nitrogens with one attached hydrogen (secondary N) is 2. The Hall–Kier alpha value is -0.420. The molecule has 8 heteroatoms. The second-order valence-electron chi connectivity index (χ2n) is 7.65. The van der Waals surface area contributed by atoms with E-state index in [0.717, 1.165) is 57.9 Å². The third-order valence-corrected chi connectivity index (χ3v) is 6.93. The smallest absolute Gasteiger partial charge is 0.191 e. The summed E-state index contributed by atoms with van der Waals surface area (Å²) < 4.78 is 5.54. The van der Waals surface area contributed by atoms with Gasteiger partial charge in [0, 0.05) is 50.7 Å². The maximum atomic E-state index is 5.54. The van der Waals surface area contributed by atoms with Gasteiger partial charge in [0.05, 0.1) is 19.3 Å². The summed E-state index contributed by atoms with van der Waals surface area (Å²) >= 11 is 1.83. The monoisotopic (exact) mass is 535 g/mol. The van der Waals surface area contributed by atoms with Crippen molar-refractivity contribution in [3.8, 4) is 0 Å². The van der Waals surface area contributed by atoms with E-state index in [-0.39, 0.29) is 24.0 Å². The van der Waals surface area contributed by atoms with Crippen molar-refractivity contribution in [2.45, 2.75) is 44.7 Å². The lowest BCUT2D eigenvalue weighted by molar-refractivity contribution is 0.0177. The zero-order valence-electron chi connectivity index (χ0n) is 17.9. The highest BCUT2D eigenvalue weighted by molar-refractivity contribution is 14.0.